The molecule has 2 aliphatic carbocycles. The zero-order chi connectivity index (χ0) is 28.9. The van der Waals surface area contributed by atoms with Crippen LogP contribution in [0.4, 0.5) is 0 Å². The van der Waals surface area contributed by atoms with Crippen molar-refractivity contribution in [3.05, 3.63) is 72.3 Å². The molecule has 6 unspecified atom stereocenters. The van der Waals surface area contributed by atoms with Gasteiger partial charge in [-0.15, -0.1) is 0 Å². The second-order valence-corrected chi connectivity index (χ2v) is 13.3. The first-order valence-corrected chi connectivity index (χ1v) is 15.8. The summed E-state index contributed by atoms with van der Waals surface area (Å²) in [6.07, 6.45) is 6.71. The lowest BCUT2D eigenvalue weighted by Crippen LogP contribution is -2.47. The number of amides is 2. The van der Waals surface area contributed by atoms with E-state index in [0.29, 0.717) is 18.3 Å². The number of rotatable bonds is 13. The predicted molar refractivity (Wildman–Crippen MR) is 154 cm³/mol. The van der Waals surface area contributed by atoms with Gasteiger partial charge in [0, 0.05) is 23.8 Å². The van der Waals surface area contributed by atoms with E-state index in [1.807, 2.05) is 30.3 Å². The Balaban J connectivity index is 1.49. The number of benzene rings is 2. The van der Waals surface area contributed by atoms with E-state index in [4.69, 9.17) is 4.74 Å². The summed E-state index contributed by atoms with van der Waals surface area (Å²) in [4.78, 5) is 26.4. The van der Waals surface area contributed by atoms with Gasteiger partial charge >= 0.3 is 0 Å². The van der Waals surface area contributed by atoms with Crippen LogP contribution in [0.25, 0.3) is 0 Å². The van der Waals surface area contributed by atoms with Gasteiger partial charge < -0.3 is 20.5 Å². The summed E-state index contributed by atoms with van der Waals surface area (Å²) in [5.41, 5.74) is 1.00. The lowest BCUT2D eigenvalue weighted by atomic mass is 9.92. The number of hydrogen-bond acceptors (Lipinski definition) is 6. The molecule has 2 aromatic rings. The highest BCUT2D eigenvalue weighted by molar-refractivity contribution is 7.90. The topological polar surface area (TPSA) is 122 Å². The van der Waals surface area contributed by atoms with E-state index >= 15 is 0 Å². The standard InChI is InChI=1S/C31H40N2O6S/c1-4-12-39-25-17-24(18-26(19-25)40(3,37)38)31(36)33-28(15-21-8-6-5-7-9-21)29(34)13-20(2)30(35)32-27-16-22-10-11-23(27)14-22/h4-9,17-20,22-23,27-29,34H,1,10-16H2,2-3H3,(H,32,35)(H,33,36). The minimum Gasteiger partial charge on any atom is -0.489 e. The van der Waals surface area contributed by atoms with E-state index < -0.39 is 33.8 Å². The second-order valence-electron chi connectivity index (χ2n) is 11.3. The molecule has 4 rings (SSSR count). The minimum absolute atomic E-state index is 0.0507. The SMILES string of the molecule is C=CCOc1cc(C(=O)NC(Cc2ccccc2)C(O)CC(C)C(=O)NC2CC3CCC2C3)cc(S(C)(=O)=O)c1. The van der Waals surface area contributed by atoms with Gasteiger partial charge in [0.05, 0.1) is 17.0 Å². The van der Waals surface area contributed by atoms with Gasteiger partial charge in [-0.2, -0.15) is 0 Å². The number of carbonyl (C=O) groups excluding carboxylic acids is 2. The maximum absolute atomic E-state index is 13.4. The highest BCUT2D eigenvalue weighted by Gasteiger charge is 2.40. The first-order valence-electron chi connectivity index (χ1n) is 14.0. The van der Waals surface area contributed by atoms with Crippen LogP contribution in [0.1, 0.15) is 54.9 Å². The van der Waals surface area contributed by atoms with Gasteiger partial charge in [0.15, 0.2) is 9.84 Å². The molecule has 2 fully saturated rings. The number of carbonyl (C=O) groups is 2. The lowest BCUT2D eigenvalue weighted by molar-refractivity contribution is -0.126. The van der Waals surface area contributed by atoms with Gasteiger partial charge in [-0.25, -0.2) is 8.42 Å². The van der Waals surface area contributed by atoms with E-state index in [1.165, 1.54) is 43.5 Å². The molecule has 0 aromatic heterocycles. The number of hydrogen-bond donors (Lipinski definition) is 3. The van der Waals surface area contributed by atoms with Crippen LogP contribution in [0.2, 0.25) is 0 Å². The third-order valence-electron chi connectivity index (χ3n) is 8.13. The van der Waals surface area contributed by atoms with Crippen LogP contribution in [0.15, 0.2) is 66.1 Å². The normalized spacial score (nSPS) is 22.2. The van der Waals surface area contributed by atoms with Crippen molar-refractivity contribution in [2.24, 2.45) is 17.8 Å². The van der Waals surface area contributed by atoms with E-state index in [0.717, 1.165) is 18.2 Å². The Hall–Kier alpha value is -3.17. The maximum atomic E-state index is 13.4. The van der Waals surface area contributed by atoms with Crippen LogP contribution >= 0.6 is 0 Å². The summed E-state index contributed by atoms with van der Waals surface area (Å²) in [7, 11) is -3.62. The van der Waals surface area contributed by atoms with E-state index in [1.54, 1.807) is 6.92 Å². The molecule has 0 radical (unpaired) electrons. The molecule has 3 N–H and O–H groups in total. The molecular formula is C31H40N2O6S. The van der Waals surface area contributed by atoms with E-state index in [2.05, 4.69) is 17.2 Å². The van der Waals surface area contributed by atoms with Crippen molar-refractivity contribution < 1.29 is 27.9 Å². The van der Waals surface area contributed by atoms with Crippen LogP contribution < -0.4 is 15.4 Å². The molecule has 8 nitrogen and oxygen atoms in total. The molecular weight excluding hydrogens is 528 g/mol. The quantitative estimate of drug-likeness (QED) is 0.317. The van der Waals surface area contributed by atoms with Gasteiger partial charge in [-0.1, -0.05) is 56.3 Å². The first-order chi connectivity index (χ1) is 19.0. The third-order valence-corrected chi connectivity index (χ3v) is 9.22. The fraction of sp³-hybridized carbons (Fsp3) is 0.484. The molecule has 2 aromatic carbocycles. The summed E-state index contributed by atoms with van der Waals surface area (Å²) in [5.74, 6) is 0.417. The fourth-order valence-electron chi connectivity index (χ4n) is 5.94. The average Bonchev–Trinajstić information content (AvgIpc) is 3.55. The van der Waals surface area contributed by atoms with Crippen molar-refractivity contribution in [1.82, 2.24) is 10.6 Å². The third kappa shape index (κ3) is 7.73. The van der Waals surface area contributed by atoms with Crippen LogP contribution in [0.3, 0.4) is 0 Å². The van der Waals surface area contributed by atoms with Crippen molar-refractivity contribution in [3.8, 4) is 5.75 Å². The molecule has 2 bridgehead atoms. The highest BCUT2D eigenvalue weighted by atomic mass is 32.2. The van der Waals surface area contributed by atoms with Crippen molar-refractivity contribution in [3.63, 3.8) is 0 Å². The summed E-state index contributed by atoms with van der Waals surface area (Å²) in [5, 5.41) is 17.4. The van der Waals surface area contributed by atoms with Crippen LogP contribution in [0, 0.1) is 17.8 Å². The molecule has 0 aliphatic heterocycles. The Morgan fingerprint density at radius 2 is 1.90 bits per heavy atom. The number of fused-ring (bicyclic) bond motifs is 2. The summed E-state index contributed by atoms with van der Waals surface area (Å²) >= 11 is 0. The molecule has 216 valence electrons. The number of nitrogens with one attached hydrogen (secondary N) is 2. The molecule has 0 saturated heterocycles. The summed E-state index contributed by atoms with van der Waals surface area (Å²) in [6.45, 7) is 5.54. The van der Waals surface area contributed by atoms with Crippen molar-refractivity contribution >= 4 is 21.7 Å². The Labute approximate surface area is 237 Å². The molecule has 2 aliphatic rings. The zero-order valence-electron chi connectivity index (χ0n) is 23.2. The van der Waals surface area contributed by atoms with E-state index in [9.17, 15) is 23.1 Å². The highest BCUT2D eigenvalue weighted by Crippen LogP contribution is 2.44. The largest absolute Gasteiger partial charge is 0.489 e. The smallest absolute Gasteiger partial charge is 0.251 e. The van der Waals surface area contributed by atoms with Gasteiger partial charge in [-0.05, 0) is 67.7 Å². The van der Waals surface area contributed by atoms with Crippen molar-refractivity contribution in [2.75, 3.05) is 12.9 Å². The van der Waals surface area contributed by atoms with Crippen LogP contribution in [-0.2, 0) is 21.1 Å². The number of ether oxygens (including phenoxy) is 1. The van der Waals surface area contributed by atoms with Crippen LogP contribution in [0.5, 0.6) is 5.75 Å². The lowest BCUT2D eigenvalue weighted by Gasteiger charge is -2.28. The zero-order valence-corrected chi connectivity index (χ0v) is 24.0. The predicted octanol–water partition coefficient (Wildman–Crippen LogP) is 3.69. The Kier molecular flexibility index (Phi) is 9.68. The first kappa shape index (κ1) is 29.8. The Morgan fingerprint density at radius 3 is 2.52 bits per heavy atom. The molecule has 6 atom stereocenters. The maximum Gasteiger partial charge on any atom is 0.251 e. The number of sulfone groups is 1. The summed E-state index contributed by atoms with van der Waals surface area (Å²) in [6, 6.07) is 13.1. The molecule has 0 spiro atoms. The fourth-order valence-corrected chi connectivity index (χ4v) is 6.61. The Morgan fingerprint density at radius 1 is 1.15 bits per heavy atom. The molecule has 0 heterocycles. The van der Waals surface area contributed by atoms with Crippen molar-refractivity contribution in [1.29, 1.82) is 0 Å². The van der Waals surface area contributed by atoms with E-state index in [-0.39, 0.29) is 41.2 Å². The average molecular weight is 569 g/mol. The van der Waals surface area contributed by atoms with Crippen LogP contribution in [-0.4, -0.2) is 56.4 Å². The molecule has 9 heteroatoms. The minimum atomic E-state index is -3.62. The monoisotopic (exact) mass is 568 g/mol. The number of aliphatic hydroxyl groups excluding tert-OH is 1. The van der Waals surface area contributed by atoms with Gasteiger partial charge in [0.2, 0.25) is 5.91 Å². The van der Waals surface area contributed by atoms with Gasteiger partial charge in [-0.3, -0.25) is 9.59 Å². The molecule has 2 amide bonds. The molecule has 40 heavy (non-hydrogen) atoms. The van der Waals surface area contributed by atoms with Gasteiger partial charge in [0.1, 0.15) is 12.4 Å². The van der Waals surface area contributed by atoms with Crippen molar-refractivity contribution in [2.45, 2.75) is 68.5 Å². The van der Waals surface area contributed by atoms with Gasteiger partial charge in [0.25, 0.3) is 5.91 Å². The Bertz CT molecular complexity index is 1310. The molecule has 2 saturated carbocycles. The summed E-state index contributed by atoms with van der Waals surface area (Å²) < 4.78 is 30.1. The second kappa shape index (κ2) is 13.0. The number of aliphatic hydroxyl groups is 1.